The van der Waals surface area contributed by atoms with Crippen LogP contribution in [0.15, 0.2) is 55.1 Å². The molecule has 0 radical (unpaired) electrons. The summed E-state index contributed by atoms with van der Waals surface area (Å²) < 4.78 is 10.1. The quantitative estimate of drug-likeness (QED) is 0.491. The minimum Gasteiger partial charge on any atom is -0.368 e. The van der Waals surface area contributed by atoms with Crippen LogP contribution >= 0.6 is 0 Å². The number of fused-ring (bicyclic) bond motifs is 3. The molecular formula is C24H24N6O2. The summed E-state index contributed by atoms with van der Waals surface area (Å²) in [5, 5.41) is 4.94. The van der Waals surface area contributed by atoms with Crippen LogP contribution in [-0.2, 0) is 23.8 Å². The molecule has 8 nitrogen and oxygen atoms in total. The van der Waals surface area contributed by atoms with Gasteiger partial charge in [0.15, 0.2) is 5.65 Å². The van der Waals surface area contributed by atoms with E-state index in [-0.39, 0.29) is 5.91 Å². The Morgan fingerprint density at radius 1 is 1.09 bits per heavy atom. The number of nitrogens with zero attached hydrogens (tertiary/aromatic N) is 6. The van der Waals surface area contributed by atoms with Gasteiger partial charge >= 0.3 is 0 Å². The first-order valence-corrected chi connectivity index (χ1v) is 11.0. The molecule has 1 saturated heterocycles. The lowest BCUT2D eigenvalue weighted by molar-refractivity contribution is -0.0963. The lowest BCUT2D eigenvalue weighted by atomic mass is 9.83. The fraction of sp³-hybridized carbons (Fsp3) is 0.333. The van der Waals surface area contributed by atoms with Crippen molar-refractivity contribution in [3.8, 4) is 5.69 Å². The van der Waals surface area contributed by atoms with Crippen LogP contribution in [0.2, 0.25) is 0 Å². The van der Waals surface area contributed by atoms with Gasteiger partial charge in [-0.05, 0) is 43.0 Å². The Morgan fingerprint density at radius 3 is 2.72 bits per heavy atom. The number of carbonyl (C=O) groups excluding carboxylic acids is 1. The van der Waals surface area contributed by atoms with E-state index in [9.17, 15) is 4.79 Å². The van der Waals surface area contributed by atoms with Crippen molar-refractivity contribution in [1.82, 2.24) is 29.2 Å². The van der Waals surface area contributed by atoms with Crippen LogP contribution in [0, 0.1) is 0 Å². The highest BCUT2D eigenvalue weighted by Gasteiger charge is 2.44. The van der Waals surface area contributed by atoms with Gasteiger partial charge in [-0.15, -0.1) is 0 Å². The average Bonchev–Trinajstić information content (AvgIpc) is 3.45. The fourth-order valence-electron chi connectivity index (χ4n) is 4.94. The zero-order valence-electron chi connectivity index (χ0n) is 17.9. The van der Waals surface area contributed by atoms with Gasteiger partial charge in [0, 0.05) is 32.5 Å². The molecule has 32 heavy (non-hydrogen) atoms. The lowest BCUT2D eigenvalue weighted by Gasteiger charge is -2.43. The van der Waals surface area contributed by atoms with Crippen molar-refractivity contribution < 1.29 is 9.53 Å². The Bertz CT molecular complexity index is 1300. The molecule has 0 N–H and O–H groups in total. The molecule has 0 saturated carbocycles. The van der Waals surface area contributed by atoms with Gasteiger partial charge in [-0.25, -0.2) is 14.6 Å². The summed E-state index contributed by atoms with van der Waals surface area (Å²) >= 11 is 0. The molecule has 3 aromatic heterocycles. The van der Waals surface area contributed by atoms with Crippen molar-refractivity contribution in [2.24, 2.45) is 7.05 Å². The first-order valence-electron chi connectivity index (χ1n) is 11.0. The number of ether oxygens (including phenoxy) is 1. The molecule has 8 heteroatoms. The van der Waals surface area contributed by atoms with E-state index in [1.165, 1.54) is 5.56 Å². The highest BCUT2D eigenvalue weighted by atomic mass is 16.5. The number of hydrogen-bond donors (Lipinski definition) is 0. The van der Waals surface area contributed by atoms with Gasteiger partial charge in [-0.2, -0.15) is 5.10 Å². The number of aryl methyl sites for hydroxylation is 1. The number of para-hydroxylation sites is 1. The molecule has 1 aromatic carbocycles. The van der Waals surface area contributed by atoms with Crippen LogP contribution in [0.4, 0.5) is 0 Å². The number of amides is 1. The van der Waals surface area contributed by atoms with E-state index in [0.29, 0.717) is 30.8 Å². The van der Waals surface area contributed by atoms with E-state index < -0.39 is 5.60 Å². The van der Waals surface area contributed by atoms with Crippen molar-refractivity contribution in [3.05, 3.63) is 71.9 Å². The number of hydrogen-bond acceptors (Lipinski definition) is 5. The van der Waals surface area contributed by atoms with E-state index in [1.807, 2.05) is 39.4 Å². The number of imidazole rings is 1. The summed E-state index contributed by atoms with van der Waals surface area (Å²) in [5.41, 5.74) is 4.85. The van der Waals surface area contributed by atoms with E-state index >= 15 is 0 Å². The Hall–Kier alpha value is -3.52. The predicted molar refractivity (Wildman–Crippen MR) is 119 cm³/mol. The molecule has 1 spiro atoms. The normalized spacial score (nSPS) is 17.6. The molecule has 5 heterocycles. The fourth-order valence-corrected chi connectivity index (χ4v) is 4.94. The maximum Gasteiger partial charge on any atom is 0.256 e. The van der Waals surface area contributed by atoms with Gasteiger partial charge in [0.2, 0.25) is 0 Å². The molecule has 1 fully saturated rings. The third kappa shape index (κ3) is 2.94. The third-order valence-corrected chi connectivity index (χ3v) is 6.68. The number of likely N-dealkylation sites (tertiary alicyclic amines) is 1. The molecule has 1 amide bonds. The minimum atomic E-state index is -0.428. The van der Waals surface area contributed by atoms with Crippen molar-refractivity contribution >= 4 is 17.1 Å². The maximum atomic E-state index is 13.3. The zero-order valence-corrected chi connectivity index (χ0v) is 17.9. The van der Waals surface area contributed by atoms with Gasteiger partial charge in [-0.3, -0.25) is 4.79 Å². The van der Waals surface area contributed by atoms with Crippen LogP contribution in [0.5, 0.6) is 0 Å². The molecule has 0 atom stereocenters. The van der Waals surface area contributed by atoms with Crippen molar-refractivity contribution in [1.29, 1.82) is 0 Å². The molecule has 0 unspecified atom stereocenters. The van der Waals surface area contributed by atoms with Gasteiger partial charge in [0.05, 0.1) is 29.9 Å². The second kappa shape index (κ2) is 7.27. The highest BCUT2D eigenvalue weighted by molar-refractivity contribution is 6.04. The number of pyridine rings is 1. The number of rotatable bonds is 2. The smallest absolute Gasteiger partial charge is 0.256 e. The molecule has 162 valence electrons. The summed E-state index contributed by atoms with van der Waals surface area (Å²) in [6.45, 7) is 1.92. The van der Waals surface area contributed by atoms with Crippen molar-refractivity contribution in [3.63, 3.8) is 0 Å². The molecule has 6 rings (SSSR count). The van der Waals surface area contributed by atoms with E-state index in [2.05, 4.69) is 28.3 Å². The number of piperidine rings is 1. The zero-order chi connectivity index (χ0) is 21.7. The van der Waals surface area contributed by atoms with Crippen LogP contribution in [0.3, 0.4) is 0 Å². The van der Waals surface area contributed by atoms with Crippen LogP contribution in [0.1, 0.15) is 34.5 Å². The summed E-state index contributed by atoms with van der Waals surface area (Å²) in [5.74, 6) is -0.00296. The standard InChI is InChI=1S/C24H24N6O2/c1-28-16-26-20-19(7-11-25-22(20)28)23(31)29-12-9-24(10-13-29)21-17(8-14-32-24)15-30(27-21)18-5-3-2-4-6-18/h2-7,11,15-16H,8-10,12-14H2,1H3. The Morgan fingerprint density at radius 2 is 1.91 bits per heavy atom. The summed E-state index contributed by atoms with van der Waals surface area (Å²) in [6.07, 6.45) is 7.82. The van der Waals surface area contributed by atoms with E-state index in [4.69, 9.17) is 9.84 Å². The Balaban J connectivity index is 1.26. The molecule has 0 aliphatic carbocycles. The largest absolute Gasteiger partial charge is 0.368 e. The average molecular weight is 428 g/mol. The molecule has 0 bridgehead atoms. The van der Waals surface area contributed by atoms with Crippen LogP contribution in [0.25, 0.3) is 16.9 Å². The minimum absolute atomic E-state index is 0.00296. The first kappa shape index (κ1) is 19.2. The second-order valence-corrected chi connectivity index (χ2v) is 8.55. The topological polar surface area (TPSA) is 78.1 Å². The maximum absolute atomic E-state index is 13.3. The van der Waals surface area contributed by atoms with Crippen LogP contribution in [-0.4, -0.2) is 54.8 Å². The van der Waals surface area contributed by atoms with Crippen LogP contribution < -0.4 is 0 Å². The summed E-state index contributed by atoms with van der Waals surface area (Å²) in [4.78, 5) is 24.0. The van der Waals surface area contributed by atoms with Gasteiger partial charge in [-0.1, -0.05) is 18.2 Å². The molecular weight excluding hydrogens is 404 g/mol. The lowest BCUT2D eigenvalue weighted by Crippen LogP contribution is -2.48. The SMILES string of the molecule is Cn1cnc2c(C(=O)N3CCC4(CC3)OCCc3cn(-c5ccccc5)nc34)ccnc21. The Labute approximate surface area is 185 Å². The third-order valence-electron chi connectivity index (χ3n) is 6.68. The number of benzene rings is 1. The Kier molecular flexibility index (Phi) is 4.36. The van der Waals surface area contributed by atoms with Gasteiger partial charge < -0.3 is 14.2 Å². The monoisotopic (exact) mass is 428 g/mol. The highest BCUT2D eigenvalue weighted by Crippen LogP contribution is 2.41. The number of aromatic nitrogens is 5. The summed E-state index contributed by atoms with van der Waals surface area (Å²) in [6, 6.07) is 11.9. The molecule has 4 aromatic rings. The van der Waals surface area contributed by atoms with E-state index in [1.54, 1.807) is 18.6 Å². The van der Waals surface area contributed by atoms with Crippen molar-refractivity contribution in [2.45, 2.75) is 24.9 Å². The summed E-state index contributed by atoms with van der Waals surface area (Å²) in [7, 11) is 1.88. The first-order chi connectivity index (χ1) is 15.6. The molecule has 2 aliphatic heterocycles. The predicted octanol–water partition coefficient (Wildman–Crippen LogP) is 2.86. The number of carbonyl (C=O) groups is 1. The van der Waals surface area contributed by atoms with Gasteiger partial charge in [0.1, 0.15) is 11.1 Å². The molecule has 2 aliphatic rings. The van der Waals surface area contributed by atoms with E-state index in [0.717, 1.165) is 36.3 Å². The van der Waals surface area contributed by atoms with Gasteiger partial charge in [0.25, 0.3) is 5.91 Å². The second-order valence-electron chi connectivity index (χ2n) is 8.55. The van der Waals surface area contributed by atoms with Crippen molar-refractivity contribution in [2.75, 3.05) is 19.7 Å².